The normalized spacial score (nSPS) is 30.4. The summed E-state index contributed by atoms with van der Waals surface area (Å²) in [6.45, 7) is 7.21. The number of hydrogen-bond donors (Lipinski definition) is 2. The predicted octanol–water partition coefficient (Wildman–Crippen LogP) is 6.55. The molecule has 0 spiro atoms. The van der Waals surface area contributed by atoms with E-state index < -0.39 is 46.4 Å². The van der Waals surface area contributed by atoms with Gasteiger partial charge in [-0.15, -0.1) is 0 Å². The zero-order valence-electron chi connectivity index (χ0n) is 23.7. The number of rotatable bonds is 7. The number of carboxylic acid groups (broad SMARTS) is 1. The number of alkyl halides is 3. The van der Waals surface area contributed by atoms with Crippen LogP contribution in [0.15, 0.2) is 30.5 Å². The number of benzene rings is 1. The molecule has 11 heteroatoms. The summed E-state index contributed by atoms with van der Waals surface area (Å²) in [5.41, 5.74) is -3.78. The molecule has 1 amide bonds. The molecule has 3 saturated carbocycles. The lowest BCUT2D eigenvalue weighted by atomic mass is 9.74. The van der Waals surface area contributed by atoms with E-state index in [1.807, 2.05) is 0 Å². The summed E-state index contributed by atoms with van der Waals surface area (Å²) in [5, 5.41) is 25.4. The third kappa shape index (κ3) is 5.26. The Bertz CT molecular complexity index is 1330. The van der Waals surface area contributed by atoms with Crippen LogP contribution >= 0.6 is 11.6 Å². The Morgan fingerprint density at radius 3 is 2.24 bits per heavy atom. The van der Waals surface area contributed by atoms with Crippen LogP contribution in [0.3, 0.4) is 0 Å². The lowest BCUT2D eigenvalue weighted by Crippen LogP contribution is -2.48. The average Bonchev–Trinajstić information content (AvgIpc) is 3.31. The van der Waals surface area contributed by atoms with Crippen molar-refractivity contribution in [3.05, 3.63) is 52.3 Å². The Labute approximate surface area is 242 Å². The summed E-state index contributed by atoms with van der Waals surface area (Å²) in [4.78, 5) is 27.2. The number of aromatic nitrogens is 2. The molecule has 1 unspecified atom stereocenters. The molecule has 2 aromatic rings. The molecule has 1 aromatic carbocycles. The fourth-order valence-corrected chi connectivity index (χ4v) is 7.68. The second-order valence-electron chi connectivity index (χ2n) is 13.3. The molecule has 5 rings (SSSR count). The molecule has 3 fully saturated rings. The van der Waals surface area contributed by atoms with E-state index in [4.69, 9.17) is 11.6 Å². The van der Waals surface area contributed by atoms with Gasteiger partial charge >= 0.3 is 12.1 Å². The highest BCUT2D eigenvalue weighted by Gasteiger charge is 2.63. The van der Waals surface area contributed by atoms with Gasteiger partial charge in [0.1, 0.15) is 5.60 Å². The molecule has 0 radical (unpaired) electrons. The Kier molecular flexibility index (Phi) is 7.29. The standard InChI is InChI=1S/C30H37ClF3N3O4/c1-27(2)21-13-18(14-22(21)27)36(16-29(4,41)20-7-5-6-8-23(20)31)25(38)19-15-35-37(24(19)30(32,33)34)17-9-11-28(3,12-10-17)26(39)40/h5-8,15,17-18,21-22,41H,9-14,16H2,1-4H3,(H,39,40)/t17-,18-,21-,22+,28-,29?. The molecule has 1 aromatic heterocycles. The Hall–Kier alpha value is -2.59. The van der Waals surface area contributed by atoms with Crippen LogP contribution in [0.25, 0.3) is 0 Å². The Balaban J connectivity index is 1.49. The first-order chi connectivity index (χ1) is 19.0. The van der Waals surface area contributed by atoms with Gasteiger partial charge in [-0.2, -0.15) is 18.3 Å². The largest absolute Gasteiger partial charge is 0.481 e. The molecule has 0 aliphatic heterocycles. The maximum absolute atomic E-state index is 14.6. The summed E-state index contributed by atoms with van der Waals surface area (Å²) in [6, 6.07) is 5.67. The number of fused-ring (bicyclic) bond motifs is 1. The van der Waals surface area contributed by atoms with Crippen LogP contribution in [0.2, 0.25) is 5.02 Å². The highest BCUT2D eigenvalue weighted by atomic mass is 35.5. The molecular weight excluding hydrogens is 559 g/mol. The van der Waals surface area contributed by atoms with E-state index in [1.165, 1.54) is 11.8 Å². The molecule has 0 bridgehead atoms. The maximum atomic E-state index is 14.6. The molecule has 3 aliphatic rings. The van der Waals surface area contributed by atoms with Gasteiger partial charge in [0.25, 0.3) is 5.91 Å². The van der Waals surface area contributed by atoms with Crippen molar-refractivity contribution in [1.82, 2.24) is 14.7 Å². The lowest BCUT2D eigenvalue weighted by molar-refractivity contribution is -0.152. The van der Waals surface area contributed by atoms with Gasteiger partial charge in [0.15, 0.2) is 5.69 Å². The number of amides is 1. The minimum atomic E-state index is -4.87. The zero-order chi connectivity index (χ0) is 30.1. The van der Waals surface area contributed by atoms with Crippen molar-refractivity contribution < 1.29 is 33.0 Å². The molecular formula is C30H37ClF3N3O4. The van der Waals surface area contributed by atoms with Crippen LogP contribution in [0.4, 0.5) is 13.2 Å². The van der Waals surface area contributed by atoms with Crippen LogP contribution in [0, 0.1) is 22.7 Å². The summed E-state index contributed by atoms with van der Waals surface area (Å²) in [5.74, 6) is -1.07. The fraction of sp³-hybridized carbons (Fsp3) is 0.633. The molecule has 224 valence electrons. The van der Waals surface area contributed by atoms with Gasteiger partial charge in [-0.05, 0) is 75.7 Å². The summed E-state index contributed by atoms with van der Waals surface area (Å²) < 4.78 is 44.7. The highest BCUT2D eigenvalue weighted by molar-refractivity contribution is 6.31. The maximum Gasteiger partial charge on any atom is 0.433 e. The number of carbonyl (C=O) groups is 2. The number of carboxylic acids is 1. The van der Waals surface area contributed by atoms with E-state index in [0.717, 1.165) is 10.9 Å². The van der Waals surface area contributed by atoms with E-state index in [-0.39, 0.29) is 43.7 Å². The van der Waals surface area contributed by atoms with Crippen molar-refractivity contribution in [3.8, 4) is 0 Å². The molecule has 0 saturated heterocycles. The first kappa shape index (κ1) is 29.9. The van der Waals surface area contributed by atoms with E-state index in [0.29, 0.717) is 35.3 Å². The summed E-state index contributed by atoms with van der Waals surface area (Å²) in [7, 11) is 0. The first-order valence-corrected chi connectivity index (χ1v) is 14.5. The van der Waals surface area contributed by atoms with Gasteiger partial charge in [0, 0.05) is 16.6 Å². The first-order valence-electron chi connectivity index (χ1n) is 14.1. The van der Waals surface area contributed by atoms with Crippen molar-refractivity contribution in [2.24, 2.45) is 22.7 Å². The third-order valence-corrected chi connectivity index (χ3v) is 10.5. The quantitative estimate of drug-likeness (QED) is 0.379. The number of aliphatic hydroxyl groups is 1. The minimum Gasteiger partial charge on any atom is -0.481 e. The number of aliphatic carboxylic acids is 1. The van der Waals surface area contributed by atoms with Gasteiger partial charge < -0.3 is 15.1 Å². The summed E-state index contributed by atoms with van der Waals surface area (Å²) in [6.07, 6.45) is -1.78. The number of nitrogens with zero attached hydrogens (tertiary/aromatic N) is 3. The van der Waals surface area contributed by atoms with Gasteiger partial charge in [-0.3, -0.25) is 14.3 Å². The van der Waals surface area contributed by atoms with E-state index in [1.54, 1.807) is 31.2 Å². The molecule has 3 aliphatic carbocycles. The second-order valence-corrected chi connectivity index (χ2v) is 13.7. The van der Waals surface area contributed by atoms with Crippen LogP contribution < -0.4 is 0 Å². The van der Waals surface area contributed by atoms with Gasteiger partial charge in [0.05, 0.1) is 29.8 Å². The second kappa shape index (κ2) is 10.0. The van der Waals surface area contributed by atoms with Crippen LogP contribution in [0.5, 0.6) is 0 Å². The van der Waals surface area contributed by atoms with E-state index in [9.17, 15) is 33.0 Å². The molecule has 2 N–H and O–H groups in total. The van der Waals surface area contributed by atoms with Gasteiger partial charge in [-0.1, -0.05) is 43.6 Å². The van der Waals surface area contributed by atoms with Gasteiger partial charge in [0.2, 0.25) is 0 Å². The topological polar surface area (TPSA) is 95.7 Å². The fourth-order valence-electron chi connectivity index (χ4n) is 7.34. The lowest BCUT2D eigenvalue weighted by Gasteiger charge is -2.38. The number of halogens is 4. The average molecular weight is 596 g/mol. The smallest absolute Gasteiger partial charge is 0.433 e. The monoisotopic (exact) mass is 595 g/mol. The SMILES string of the molecule is CC(O)(CN(C(=O)c1cnn([C@H]2CC[C@](C)(C(=O)O)CC2)c1C(F)(F)F)[C@@H]1C[C@@H]2[C@H](C1)C2(C)C)c1ccccc1Cl. The molecule has 7 nitrogen and oxygen atoms in total. The van der Waals surface area contributed by atoms with Crippen molar-refractivity contribution in [2.75, 3.05) is 6.54 Å². The third-order valence-electron chi connectivity index (χ3n) is 10.2. The minimum absolute atomic E-state index is 0.129. The number of hydrogen-bond acceptors (Lipinski definition) is 4. The van der Waals surface area contributed by atoms with Crippen molar-refractivity contribution in [1.29, 1.82) is 0 Å². The van der Waals surface area contributed by atoms with Crippen molar-refractivity contribution in [3.63, 3.8) is 0 Å². The van der Waals surface area contributed by atoms with Crippen LogP contribution in [-0.4, -0.2) is 49.4 Å². The van der Waals surface area contributed by atoms with Crippen molar-refractivity contribution in [2.45, 2.75) is 90.1 Å². The van der Waals surface area contributed by atoms with Gasteiger partial charge in [-0.25, -0.2) is 0 Å². The van der Waals surface area contributed by atoms with Crippen molar-refractivity contribution >= 4 is 23.5 Å². The summed E-state index contributed by atoms with van der Waals surface area (Å²) >= 11 is 6.37. The van der Waals surface area contributed by atoms with E-state index in [2.05, 4.69) is 18.9 Å². The predicted molar refractivity (Wildman–Crippen MR) is 146 cm³/mol. The van der Waals surface area contributed by atoms with Crippen LogP contribution in [0.1, 0.15) is 93.9 Å². The Morgan fingerprint density at radius 1 is 1.12 bits per heavy atom. The van der Waals surface area contributed by atoms with Crippen LogP contribution in [-0.2, 0) is 16.6 Å². The Morgan fingerprint density at radius 2 is 1.71 bits per heavy atom. The molecule has 1 heterocycles. The molecule has 4 atom stereocenters. The molecule has 41 heavy (non-hydrogen) atoms. The number of carbonyl (C=O) groups excluding carboxylic acids is 1. The highest BCUT2D eigenvalue weighted by Crippen LogP contribution is 2.67. The zero-order valence-corrected chi connectivity index (χ0v) is 24.5. The van der Waals surface area contributed by atoms with E-state index >= 15 is 0 Å².